The van der Waals surface area contributed by atoms with E-state index in [1.165, 1.54) is 6.42 Å². The molecule has 3 aliphatic rings. The highest BCUT2D eigenvalue weighted by molar-refractivity contribution is 5.85. The molecule has 66 valence electrons. The van der Waals surface area contributed by atoms with Gasteiger partial charge in [0, 0.05) is 11.8 Å². The maximum absolute atomic E-state index is 11.7. The molecule has 0 aromatic rings. The molecule has 2 heteroatoms. The minimum absolute atomic E-state index is 0.161. The van der Waals surface area contributed by atoms with Crippen molar-refractivity contribution in [1.29, 1.82) is 0 Å². The minimum atomic E-state index is 0.161. The molecule has 0 aromatic heterocycles. The maximum atomic E-state index is 11.7. The van der Waals surface area contributed by atoms with Gasteiger partial charge in [-0.05, 0) is 18.3 Å². The number of Topliss-reactive ketones (excluding diaryl/α,β-unsaturated/α-hetero) is 1. The number of rotatable bonds is 0. The molecule has 12 heavy (non-hydrogen) atoms. The van der Waals surface area contributed by atoms with Crippen molar-refractivity contribution in [3.8, 4) is 0 Å². The van der Waals surface area contributed by atoms with Crippen molar-refractivity contribution in [2.24, 2.45) is 23.7 Å². The molecule has 0 N–H and O–H groups in total. The first-order valence-electron chi connectivity index (χ1n) is 4.89. The van der Waals surface area contributed by atoms with E-state index in [4.69, 9.17) is 4.74 Å². The van der Waals surface area contributed by atoms with Gasteiger partial charge in [-0.25, -0.2) is 0 Å². The maximum Gasteiger partial charge on any atom is 0.143 e. The second-order valence-electron chi connectivity index (χ2n) is 4.61. The molecule has 2 heterocycles. The third-order valence-corrected chi connectivity index (χ3v) is 3.93. The SMILES string of the molecule is C[C@@H]1C(=O)[C@H](C)[C@H]2O[C@@H]1[C@@H]1C[C@@H]12. The van der Waals surface area contributed by atoms with Crippen LogP contribution in [0.4, 0.5) is 0 Å². The summed E-state index contributed by atoms with van der Waals surface area (Å²) >= 11 is 0. The zero-order valence-electron chi connectivity index (χ0n) is 7.49. The summed E-state index contributed by atoms with van der Waals surface area (Å²) in [4.78, 5) is 11.7. The first-order valence-corrected chi connectivity index (χ1v) is 4.89. The topological polar surface area (TPSA) is 26.3 Å². The summed E-state index contributed by atoms with van der Waals surface area (Å²) in [6.45, 7) is 4.06. The van der Waals surface area contributed by atoms with Crippen molar-refractivity contribution < 1.29 is 9.53 Å². The van der Waals surface area contributed by atoms with Crippen LogP contribution in [0.5, 0.6) is 0 Å². The predicted octanol–water partition coefficient (Wildman–Crippen LogP) is 1.24. The van der Waals surface area contributed by atoms with Crippen LogP contribution in [-0.4, -0.2) is 18.0 Å². The Morgan fingerprint density at radius 3 is 2.17 bits per heavy atom. The second kappa shape index (κ2) is 1.92. The average Bonchev–Trinajstić information content (AvgIpc) is 2.76. The van der Waals surface area contributed by atoms with Gasteiger partial charge < -0.3 is 4.74 Å². The first-order chi connectivity index (χ1) is 5.70. The van der Waals surface area contributed by atoms with Crippen molar-refractivity contribution in [2.45, 2.75) is 32.5 Å². The summed E-state index contributed by atoms with van der Waals surface area (Å²) in [5, 5.41) is 0. The van der Waals surface area contributed by atoms with Crippen LogP contribution in [0, 0.1) is 23.7 Å². The van der Waals surface area contributed by atoms with Crippen molar-refractivity contribution in [3.05, 3.63) is 0 Å². The van der Waals surface area contributed by atoms with E-state index in [2.05, 4.69) is 0 Å². The van der Waals surface area contributed by atoms with Crippen molar-refractivity contribution in [1.82, 2.24) is 0 Å². The number of fused-ring (bicyclic) bond motifs is 5. The first kappa shape index (κ1) is 7.07. The third-order valence-electron chi connectivity index (χ3n) is 3.93. The molecular weight excluding hydrogens is 152 g/mol. The number of hydrogen-bond acceptors (Lipinski definition) is 2. The fourth-order valence-electron chi connectivity index (χ4n) is 3.09. The summed E-state index contributed by atoms with van der Waals surface area (Å²) in [7, 11) is 0. The lowest BCUT2D eigenvalue weighted by Crippen LogP contribution is -2.43. The van der Waals surface area contributed by atoms with Crippen LogP contribution in [0.2, 0.25) is 0 Å². The second-order valence-corrected chi connectivity index (χ2v) is 4.61. The van der Waals surface area contributed by atoms with Crippen LogP contribution in [0.1, 0.15) is 20.3 Å². The molecular formula is C10H14O2. The van der Waals surface area contributed by atoms with Crippen LogP contribution in [0.3, 0.4) is 0 Å². The lowest BCUT2D eigenvalue weighted by Gasteiger charge is -2.33. The molecule has 3 rings (SSSR count). The van der Waals surface area contributed by atoms with E-state index < -0.39 is 0 Å². The molecule has 3 fully saturated rings. The van der Waals surface area contributed by atoms with E-state index in [-0.39, 0.29) is 24.0 Å². The van der Waals surface area contributed by atoms with Gasteiger partial charge in [-0.15, -0.1) is 0 Å². The smallest absolute Gasteiger partial charge is 0.143 e. The highest BCUT2D eigenvalue weighted by Gasteiger charge is 2.63. The molecule has 0 aromatic carbocycles. The van der Waals surface area contributed by atoms with E-state index >= 15 is 0 Å². The molecule has 2 aliphatic heterocycles. The fraction of sp³-hybridized carbons (Fsp3) is 0.900. The van der Waals surface area contributed by atoms with E-state index in [1.807, 2.05) is 13.8 Å². The molecule has 6 atom stereocenters. The summed E-state index contributed by atoms with van der Waals surface area (Å²) in [5.41, 5.74) is 0. The summed E-state index contributed by atoms with van der Waals surface area (Å²) in [6.07, 6.45) is 1.88. The predicted molar refractivity (Wildman–Crippen MR) is 43.6 cm³/mol. The Hall–Kier alpha value is -0.370. The van der Waals surface area contributed by atoms with Crippen LogP contribution >= 0.6 is 0 Å². The molecule has 1 aliphatic carbocycles. The van der Waals surface area contributed by atoms with Gasteiger partial charge in [0.25, 0.3) is 0 Å². The molecule has 0 amide bonds. The number of carbonyl (C=O) groups excluding carboxylic acids is 1. The lowest BCUT2D eigenvalue weighted by molar-refractivity contribution is -0.149. The Balaban J connectivity index is 1.98. The van der Waals surface area contributed by atoms with Gasteiger partial charge >= 0.3 is 0 Å². The van der Waals surface area contributed by atoms with Gasteiger partial charge in [0.15, 0.2) is 0 Å². The van der Waals surface area contributed by atoms with E-state index in [9.17, 15) is 4.79 Å². The Bertz CT molecular complexity index is 226. The summed E-state index contributed by atoms with van der Waals surface area (Å²) in [5.74, 6) is 2.23. The molecule has 2 nitrogen and oxygen atoms in total. The molecule has 2 saturated heterocycles. The highest BCUT2D eigenvalue weighted by atomic mass is 16.5. The number of ketones is 1. The Morgan fingerprint density at radius 2 is 1.67 bits per heavy atom. The van der Waals surface area contributed by atoms with Gasteiger partial charge in [0.2, 0.25) is 0 Å². The van der Waals surface area contributed by atoms with E-state index in [1.54, 1.807) is 0 Å². The Morgan fingerprint density at radius 1 is 1.17 bits per heavy atom. The molecule has 0 unspecified atom stereocenters. The lowest BCUT2D eigenvalue weighted by atomic mass is 9.86. The molecule has 1 saturated carbocycles. The monoisotopic (exact) mass is 166 g/mol. The summed E-state index contributed by atoms with van der Waals surface area (Å²) in [6, 6.07) is 0. The standard InChI is InChI=1S/C10H14O2/c1-4-8(11)5(2)10-7-3-6(7)9(4)12-10/h4-7,9-10H,3H2,1-2H3/t4-,5+,6-,7+,9+,10-. The molecule has 0 spiro atoms. The number of hydrogen-bond donors (Lipinski definition) is 0. The van der Waals surface area contributed by atoms with Crippen molar-refractivity contribution >= 4 is 5.78 Å². The minimum Gasteiger partial charge on any atom is -0.373 e. The zero-order valence-corrected chi connectivity index (χ0v) is 7.49. The van der Waals surface area contributed by atoms with Gasteiger partial charge in [-0.3, -0.25) is 4.79 Å². The quantitative estimate of drug-likeness (QED) is 0.541. The van der Waals surface area contributed by atoms with E-state index in [0.29, 0.717) is 5.78 Å². The van der Waals surface area contributed by atoms with Gasteiger partial charge in [-0.2, -0.15) is 0 Å². The van der Waals surface area contributed by atoms with Crippen LogP contribution in [0.25, 0.3) is 0 Å². The van der Waals surface area contributed by atoms with Gasteiger partial charge in [0.05, 0.1) is 12.2 Å². The highest BCUT2D eigenvalue weighted by Crippen LogP contribution is 2.58. The van der Waals surface area contributed by atoms with Gasteiger partial charge in [-0.1, -0.05) is 13.8 Å². The zero-order chi connectivity index (χ0) is 8.46. The normalized spacial score (nSPS) is 61.7. The van der Waals surface area contributed by atoms with Crippen molar-refractivity contribution in [2.75, 3.05) is 0 Å². The average molecular weight is 166 g/mol. The number of ether oxygens (including phenoxy) is 1. The van der Waals surface area contributed by atoms with Gasteiger partial charge in [0.1, 0.15) is 5.78 Å². The van der Waals surface area contributed by atoms with Crippen LogP contribution < -0.4 is 0 Å². The Kier molecular flexibility index (Phi) is 1.13. The molecule has 0 radical (unpaired) electrons. The number of carbonyl (C=O) groups is 1. The fourth-order valence-corrected chi connectivity index (χ4v) is 3.09. The van der Waals surface area contributed by atoms with Crippen molar-refractivity contribution in [3.63, 3.8) is 0 Å². The van der Waals surface area contributed by atoms with Crippen LogP contribution in [0.15, 0.2) is 0 Å². The van der Waals surface area contributed by atoms with E-state index in [0.717, 1.165) is 11.8 Å². The molecule has 2 bridgehead atoms. The van der Waals surface area contributed by atoms with Crippen LogP contribution in [-0.2, 0) is 9.53 Å². The Labute approximate surface area is 72.3 Å². The largest absolute Gasteiger partial charge is 0.373 e. The summed E-state index contributed by atoms with van der Waals surface area (Å²) < 4.78 is 5.83. The third kappa shape index (κ3) is 0.634.